The highest BCUT2D eigenvalue weighted by molar-refractivity contribution is 7.99. The average molecular weight is 482 g/mol. The first-order valence-corrected chi connectivity index (χ1v) is 13.9. The molecule has 3 aliphatic heterocycles. The lowest BCUT2D eigenvalue weighted by Gasteiger charge is -2.46. The standard InChI is InChI=1S/C29H27N3S2/c1-2-6-28-26(5-1)32(27-10-7-21(16-29(27)34-28)20-11-13-30-14-12-20)24-17-22-8-9-23(18-24)31(22)19-25-4-3-15-33-25/h1-7,10-16,22-24H,8-9,17-19H2. The first kappa shape index (κ1) is 20.7. The molecule has 34 heavy (non-hydrogen) atoms. The van der Waals surface area contributed by atoms with E-state index in [1.54, 1.807) is 0 Å². The van der Waals surface area contributed by atoms with Gasteiger partial charge in [-0.2, -0.15) is 0 Å². The molecule has 0 spiro atoms. The van der Waals surface area contributed by atoms with Crippen molar-refractivity contribution in [1.29, 1.82) is 0 Å². The smallest absolute Gasteiger partial charge is 0.0555 e. The number of hydrogen-bond acceptors (Lipinski definition) is 5. The van der Waals surface area contributed by atoms with E-state index in [-0.39, 0.29) is 0 Å². The third-order valence-electron chi connectivity index (χ3n) is 7.72. The van der Waals surface area contributed by atoms with Gasteiger partial charge in [-0.15, -0.1) is 11.3 Å². The number of para-hydroxylation sites is 1. The lowest BCUT2D eigenvalue weighted by atomic mass is 9.94. The second-order valence-corrected chi connectivity index (χ2v) is 11.7. The maximum absolute atomic E-state index is 4.19. The van der Waals surface area contributed by atoms with Gasteiger partial charge in [-0.3, -0.25) is 9.88 Å². The minimum Gasteiger partial charge on any atom is -0.336 e. The van der Waals surface area contributed by atoms with Crippen molar-refractivity contribution in [2.24, 2.45) is 0 Å². The number of aromatic nitrogens is 1. The number of thiophene rings is 1. The maximum Gasteiger partial charge on any atom is 0.0555 e. The van der Waals surface area contributed by atoms with Crippen molar-refractivity contribution in [3.8, 4) is 11.1 Å². The molecule has 0 saturated carbocycles. The summed E-state index contributed by atoms with van der Waals surface area (Å²) in [4.78, 5) is 13.9. The van der Waals surface area contributed by atoms with Gasteiger partial charge in [0.05, 0.1) is 11.4 Å². The predicted molar refractivity (Wildman–Crippen MR) is 142 cm³/mol. The van der Waals surface area contributed by atoms with Crippen molar-refractivity contribution in [3.05, 3.63) is 89.4 Å². The number of anilines is 2. The van der Waals surface area contributed by atoms with Crippen molar-refractivity contribution >= 4 is 34.5 Å². The summed E-state index contributed by atoms with van der Waals surface area (Å²) >= 11 is 3.81. The molecule has 3 nitrogen and oxygen atoms in total. The molecule has 5 heteroatoms. The van der Waals surface area contributed by atoms with E-state index >= 15 is 0 Å². The van der Waals surface area contributed by atoms with Crippen molar-refractivity contribution in [2.45, 2.75) is 60.1 Å². The zero-order valence-electron chi connectivity index (χ0n) is 19.0. The Morgan fingerprint density at radius 1 is 0.765 bits per heavy atom. The Morgan fingerprint density at radius 3 is 2.35 bits per heavy atom. The van der Waals surface area contributed by atoms with Gasteiger partial charge < -0.3 is 4.90 Å². The highest BCUT2D eigenvalue weighted by Gasteiger charge is 2.44. The van der Waals surface area contributed by atoms with Crippen LogP contribution in [0.1, 0.15) is 30.6 Å². The first-order chi connectivity index (χ1) is 16.8. The normalized spacial score (nSPS) is 23.5. The molecule has 4 aromatic rings. The second kappa shape index (κ2) is 8.56. The highest BCUT2D eigenvalue weighted by atomic mass is 32.2. The third-order valence-corrected chi connectivity index (χ3v) is 9.69. The van der Waals surface area contributed by atoms with E-state index in [9.17, 15) is 0 Å². The Morgan fingerprint density at radius 2 is 1.56 bits per heavy atom. The monoisotopic (exact) mass is 481 g/mol. The lowest BCUT2D eigenvalue weighted by Crippen LogP contribution is -2.49. The zero-order chi connectivity index (χ0) is 22.5. The fraction of sp³-hybridized carbons (Fsp3) is 0.276. The number of rotatable bonds is 4. The van der Waals surface area contributed by atoms with Crippen LogP contribution in [0.25, 0.3) is 11.1 Å². The van der Waals surface area contributed by atoms with Crippen LogP contribution in [0, 0.1) is 0 Å². The molecule has 0 N–H and O–H groups in total. The van der Waals surface area contributed by atoms with Crippen LogP contribution in [-0.2, 0) is 6.54 Å². The van der Waals surface area contributed by atoms with Gasteiger partial charge in [0.15, 0.2) is 0 Å². The Kier molecular flexibility index (Phi) is 5.22. The van der Waals surface area contributed by atoms with E-state index < -0.39 is 0 Å². The van der Waals surface area contributed by atoms with Gasteiger partial charge in [0, 0.05) is 51.7 Å². The first-order valence-electron chi connectivity index (χ1n) is 12.2. The number of pyridine rings is 1. The molecule has 2 aromatic heterocycles. The highest BCUT2D eigenvalue weighted by Crippen LogP contribution is 2.52. The summed E-state index contributed by atoms with van der Waals surface area (Å²) in [7, 11) is 0. The number of hydrogen-bond donors (Lipinski definition) is 0. The topological polar surface area (TPSA) is 19.4 Å². The lowest BCUT2D eigenvalue weighted by molar-refractivity contribution is 0.121. The summed E-state index contributed by atoms with van der Waals surface area (Å²) in [6.07, 6.45) is 8.92. The molecule has 0 amide bonds. The minimum absolute atomic E-state index is 0.546. The number of fused-ring (bicyclic) bond motifs is 4. The van der Waals surface area contributed by atoms with Crippen LogP contribution in [0.4, 0.5) is 11.4 Å². The van der Waals surface area contributed by atoms with Crippen LogP contribution in [0.15, 0.2) is 94.3 Å². The molecule has 0 radical (unpaired) electrons. The zero-order valence-corrected chi connectivity index (χ0v) is 20.6. The summed E-state index contributed by atoms with van der Waals surface area (Å²) in [6, 6.07) is 26.6. The fourth-order valence-corrected chi connectivity index (χ4v) is 8.02. The number of benzene rings is 2. The van der Waals surface area contributed by atoms with Crippen LogP contribution < -0.4 is 4.90 Å². The molecular weight excluding hydrogens is 454 g/mol. The fourth-order valence-electron chi connectivity index (χ4n) is 6.20. The van der Waals surface area contributed by atoms with Crippen molar-refractivity contribution in [1.82, 2.24) is 9.88 Å². The average Bonchev–Trinajstić information content (AvgIpc) is 3.47. The SMILES string of the molecule is c1csc(CN2C3CCC2CC(N2c4ccccc4Sc4cc(-c5ccncc5)ccc42)C3)c1. The van der Waals surface area contributed by atoms with Crippen LogP contribution in [-0.4, -0.2) is 28.0 Å². The van der Waals surface area contributed by atoms with E-state index in [4.69, 9.17) is 0 Å². The van der Waals surface area contributed by atoms with Gasteiger partial charge in [-0.25, -0.2) is 0 Å². The number of piperidine rings is 1. The van der Waals surface area contributed by atoms with E-state index in [0.717, 1.165) is 6.54 Å². The molecule has 5 heterocycles. The molecule has 170 valence electrons. The molecule has 3 aliphatic rings. The number of nitrogens with zero attached hydrogens (tertiary/aromatic N) is 3. The molecular formula is C29H27N3S2. The summed E-state index contributed by atoms with van der Waals surface area (Å²) < 4.78 is 0. The molecule has 2 fully saturated rings. The summed E-state index contributed by atoms with van der Waals surface area (Å²) in [5.74, 6) is 0. The summed E-state index contributed by atoms with van der Waals surface area (Å²) in [6.45, 7) is 1.12. The molecule has 2 saturated heterocycles. The molecule has 2 bridgehead atoms. The second-order valence-electron chi connectivity index (χ2n) is 9.62. The molecule has 2 unspecified atom stereocenters. The van der Waals surface area contributed by atoms with Crippen molar-refractivity contribution < 1.29 is 0 Å². The van der Waals surface area contributed by atoms with Crippen LogP contribution >= 0.6 is 23.1 Å². The van der Waals surface area contributed by atoms with E-state index in [0.29, 0.717) is 18.1 Å². The Labute approximate surface area is 209 Å². The molecule has 0 aliphatic carbocycles. The van der Waals surface area contributed by atoms with Crippen molar-refractivity contribution in [3.63, 3.8) is 0 Å². The van der Waals surface area contributed by atoms with Gasteiger partial charge in [0.2, 0.25) is 0 Å². The van der Waals surface area contributed by atoms with Crippen molar-refractivity contribution in [2.75, 3.05) is 4.90 Å². The van der Waals surface area contributed by atoms with E-state index in [1.165, 1.54) is 62.9 Å². The van der Waals surface area contributed by atoms with E-state index in [1.807, 2.05) is 35.5 Å². The van der Waals surface area contributed by atoms with E-state index in [2.05, 4.69) is 86.9 Å². The Balaban J connectivity index is 1.23. The summed E-state index contributed by atoms with van der Waals surface area (Å²) in [5.41, 5.74) is 5.24. The van der Waals surface area contributed by atoms with Gasteiger partial charge in [-0.05, 0) is 84.7 Å². The Bertz CT molecular complexity index is 1290. The quantitative estimate of drug-likeness (QED) is 0.299. The van der Waals surface area contributed by atoms with Gasteiger partial charge in [-0.1, -0.05) is 36.0 Å². The molecule has 7 rings (SSSR count). The predicted octanol–water partition coefficient (Wildman–Crippen LogP) is 7.61. The van der Waals surface area contributed by atoms with Gasteiger partial charge >= 0.3 is 0 Å². The minimum atomic E-state index is 0.546. The summed E-state index contributed by atoms with van der Waals surface area (Å²) in [5, 5.41) is 2.21. The van der Waals surface area contributed by atoms with Gasteiger partial charge in [0.1, 0.15) is 0 Å². The largest absolute Gasteiger partial charge is 0.336 e. The maximum atomic E-state index is 4.19. The van der Waals surface area contributed by atoms with Crippen LogP contribution in [0.2, 0.25) is 0 Å². The van der Waals surface area contributed by atoms with Crippen LogP contribution in [0.5, 0.6) is 0 Å². The van der Waals surface area contributed by atoms with Crippen LogP contribution in [0.3, 0.4) is 0 Å². The molecule has 2 aromatic carbocycles. The van der Waals surface area contributed by atoms with Gasteiger partial charge in [0.25, 0.3) is 0 Å². The Hall–Kier alpha value is -2.60. The molecule has 2 atom stereocenters. The third kappa shape index (κ3) is 3.58.